The van der Waals surface area contributed by atoms with Crippen molar-refractivity contribution in [3.05, 3.63) is 0 Å². The second-order valence-corrected chi connectivity index (χ2v) is 8.71. The Balaban J connectivity index is 2.96. The van der Waals surface area contributed by atoms with Gasteiger partial charge in [-0.1, -0.05) is 0 Å². The molecule has 0 bridgehead atoms. The van der Waals surface area contributed by atoms with Gasteiger partial charge >= 0.3 is 11.9 Å². The molecule has 9 nitrogen and oxygen atoms in total. The first kappa shape index (κ1) is 17.9. The van der Waals surface area contributed by atoms with Crippen molar-refractivity contribution in [1.29, 1.82) is 0 Å². The third-order valence-electron chi connectivity index (χ3n) is 2.87. The number of carbonyl (C=O) groups is 2. The lowest BCUT2D eigenvalue weighted by Crippen LogP contribution is -2.46. The van der Waals surface area contributed by atoms with Gasteiger partial charge in [0.15, 0.2) is 15.6 Å². The molecule has 0 amide bonds. The third-order valence-corrected chi connectivity index (χ3v) is 6.36. The molecular formula is C10H17NO8S2. The zero-order valence-electron chi connectivity index (χ0n) is 11.4. The second kappa shape index (κ2) is 6.71. The second-order valence-electron chi connectivity index (χ2n) is 4.56. The van der Waals surface area contributed by atoms with Crippen molar-refractivity contribution in [3.8, 4) is 0 Å². The number of aliphatic carboxylic acids is 1. The van der Waals surface area contributed by atoms with E-state index in [-0.39, 0.29) is 18.8 Å². The Bertz CT molecular complexity index is 609. The first-order valence-electron chi connectivity index (χ1n) is 6.15. The Morgan fingerprint density at radius 2 is 2.00 bits per heavy atom. The summed E-state index contributed by atoms with van der Waals surface area (Å²) < 4.78 is 52.2. The van der Waals surface area contributed by atoms with Gasteiger partial charge in [-0.3, -0.25) is 9.59 Å². The summed E-state index contributed by atoms with van der Waals surface area (Å²) in [6.07, 6.45) is 0.0116. The van der Waals surface area contributed by atoms with Gasteiger partial charge in [0.2, 0.25) is 10.0 Å². The van der Waals surface area contributed by atoms with Crippen LogP contribution in [0.4, 0.5) is 0 Å². The predicted molar refractivity (Wildman–Crippen MR) is 71.8 cm³/mol. The third kappa shape index (κ3) is 5.25. The highest BCUT2D eigenvalue weighted by molar-refractivity contribution is 7.92. The molecule has 0 aliphatic carbocycles. The SMILES string of the molecule is CCOC(=O)CS(=O)(=O)N(CC(=O)O)C1CCS(=O)(=O)C1. The summed E-state index contributed by atoms with van der Waals surface area (Å²) in [7, 11) is -7.65. The average molecular weight is 343 g/mol. The van der Waals surface area contributed by atoms with E-state index in [0.717, 1.165) is 0 Å². The summed E-state index contributed by atoms with van der Waals surface area (Å²) in [6, 6.07) is -0.967. The number of carboxylic acids is 1. The van der Waals surface area contributed by atoms with Gasteiger partial charge in [0, 0.05) is 6.04 Å². The summed E-state index contributed by atoms with van der Waals surface area (Å²) in [5.41, 5.74) is 0. The molecule has 0 aromatic carbocycles. The van der Waals surface area contributed by atoms with Crippen LogP contribution in [0.2, 0.25) is 0 Å². The number of hydrogen-bond acceptors (Lipinski definition) is 7. The number of esters is 1. The Labute approximate surface area is 122 Å². The van der Waals surface area contributed by atoms with Crippen molar-refractivity contribution in [2.75, 3.05) is 30.4 Å². The molecule has 11 heteroatoms. The van der Waals surface area contributed by atoms with Crippen molar-refractivity contribution in [2.24, 2.45) is 0 Å². The molecule has 0 aromatic heterocycles. The molecule has 1 fully saturated rings. The van der Waals surface area contributed by atoms with Crippen LogP contribution in [0, 0.1) is 0 Å². The van der Waals surface area contributed by atoms with Crippen molar-refractivity contribution >= 4 is 31.8 Å². The van der Waals surface area contributed by atoms with Crippen molar-refractivity contribution in [3.63, 3.8) is 0 Å². The average Bonchev–Trinajstić information content (AvgIpc) is 2.65. The highest BCUT2D eigenvalue weighted by Crippen LogP contribution is 2.21. The maximum atomic E-state index is 12.1. The first-order valence-corrected chi connectivity index (χ1v) is 9.58. The van der Waals surface area contributed by atoms with E-state index in [1.165, 1.54) is 6.92 Å². The molecule has 21 heavy (non-hydrogen) atoms. The molecule has 1 unspecified atom stereocenters. The van der Waals surface area contributed by atoms with E-state index in [0.29, 0.717) is 4.31 Å². The molecule has 1 heterocycles. The number of sulfonamides is 1. The van der Waals surface area contributed by atoms with Gasteiger partial charge in [0.05, 0.1) is 18.1 Å². The minimum Gasteiger partial charge on any atom is -0.480 e. The van der Waals surface area contributed by atoms with Gasteiger partial charge in [0.1, 0.15) is 6.54 Å². The van der Waals surface area contributed by atoms with Crippen LogP contribution in [0.25, 0.3) is 0 Å². The van der Waals surface area contributed by atoms with E-state index in [4.69, 9.17) is 5.11 Å². The molecule has 0 spiro atoms. The molecule has 0 saturated carbocycles. The number of sulfone groups is 1. The molecule has 1 rings (SSSR count). The van der Waals surface area contributed by atoms with E-state index < -0.39 is 55.9 Å². The number of ether oxygens (including phenoxy) is 1. The van der Waals surface area contributed by atoms with Crippen LogP contribution in [0.3, 0.4) is 0 Å². The van der Waals surface area contributed by atoms with E-state index in [1.54, 1.807) is 0 Å². The molecule has 1 aliphatic heterocycles. The lowest BCUT2D eigenvalue weighted by atomic mass is 10.2. The zero-order chi connectivity index (χ0) is 16.3. The lowest BCUT2D eigenvalue weighted by Gasteiger charge is -2.25. The largest absolute Gasteiger partial charge is 0.480 e. The van der Waals surface area contributed by atoms with Crippen molar-refractivity contribution in [1.82, 2.24) is 4.31 Å². The number of hydrogen-bond donors (Lipinski definition) is 1. The van der Waals surface area contributed by atoms with E-state index in [1.807, 2.05) is 0 Å². The molecule has 1 N–H and O–H groups in total. The number of rotatable bonds is 7. The van der Waals surface area contributed by atoms with Gasteiger partial charge in [-0.25, -0.2) is 16.8 Å². The van der Waals surface area contributed by atoms with Crippen LogP contribution in [0.15, 0.2) is 0 Å². The van der Waals surface area contributed by atoms with Gasteiger partial charge in [-0.05, 0) is 13.3 Å². The van der Waals surface area contributed by atoms with Gasteiger partial charge < -0.3 is 9.84 Å². The molecule has 0 aromatic rings. The quantitative estimate of drug-likeness (QED) is 0.549. The van der Waals surface area contributed by atoms with Crippen LogP contribution in [0.1, 0.15) is 13.3 Å². The van der Waals surface area contributed by atoms with Crippen molar-refractivity contribution in [2.45, 2.75) is 19.4 Å². The van der Waals surface area contributed by atoms with Crippen molar-refractivity contribution < 1.29 is 36.3 Å². The maximum absolute atomic E-state index is 12.1. The highest BCUT2D eigenvalue weighted by atomic mass is 32.2. The summed E-state index contributed by atoms with van der Waals surface area (Å²) in [4.78, 5) is 22.1. The molecular weight excluding hydrogens is 326 g/mol. The molecule has 122 valence electrons. The monoisotopic (exact) mass is 343 g/mol. The minimum absolute atomic E-state index is 0.00884. The predicted octanol–water partition coefficient (Wildman–Crippen LogP) is -1.55. The highest BCUT2D eigenvalue weighted by Gasteiger charge is 2.40. The first-order chi connectivity index (χ1) is 9.57. The number of carboxylic acid groups (broad SMARTS) is 1. The van der Waals surface area contributed by atoms with Gasteiger partial charge in [-0.2, -0.15) is 4.31 Å². The molecule has 1 saturated heterocycles. The normalized spacial score (nSPS) is 21.3. The fourth-order valence-electron chi connectivity index (χ4n) is 2.02. The summed E-state index contributed by atoms with van der Waals surface area (Å²) in [6.45, 7) is 0.607. The summed E-state index contributed by atoms with van der Waals surface area (Å²) in [5.74, 6) is -4.09. The Morgan fingerprint density at radius 1 is 1.38 bits per heavy atom. The molecule has 1 aliphatic rings. The topological polar surface area (TPSA) is 135 Å². The smallest absolute Gasteiger partial charge is 0.322 e. The fraction of sp³-hybridized carbons (Fsp3) is 0.800. The Kier molecular flexibility index (Phi) is 5.70. The Hall–Kier alpha value is -1.20. The van der Waals surface area contributed by atoms with E-state index in [9.17, 15) is 26.4 Å². The van der Waals surface area contributed by atoms with E-state index >= 15 is 0 Å². The van der Waals surface area contributed by atoms with Crippen LogP contribution in [-0.4, -0.2) is 74.6 Å². The fourth-order valence-corrected chi connectivity index (χ4v) is 5.34. The number of carbonyl (C=O) groups excluding carboxylic acids is 1. The standard InChI is InChI=1S/C10H17NO8S2/c1-2-19-10(14)7-21(17,18)11(5-9(12)13)8-3-4-20(15,16)6-8/h8H,2-7H2,1H3,(H,12,13). The molecule has 1 atom stereocenters. The van der Waals surface area contributed by atoms with Crippen LogP contribution in [-0.2, 0) is 34.2 Å². The summed E-state index contributed by atoms with van der Waals surface area (Å²) in [5, 5.41) is 8.80. The Morgan fingerprint density at radius 3 is 2.43 bits per heavy atom. The minimum atomic E-state index is -4.26. The zero-order valence-corrected chi connectivity index (χ0v) is 13.0. The van der Waals surface area contributed by atoms with Crippen LogP contribution < -0.4 is 0 Å². The van der Waals surface area contributed by atoms with Gasteiger partial charge in [-0.15, -0.1) is 0 Å². The number of nitrogens with zero attached hydrogens (tertiary/aromatic N) is 1. The van der Waals surface area contributed by atoms with Crippen LogP contribution in [0.5, 0.6) is 0 Å². The van der Waals surface area contributed by atoms with Crippen LogP contribution >= 0.6 is 0 Å². The lowest BCUT2D eigenvalue weighted by molar-refractivity contribution is -0.140. The summed E-state index contributed by atoms with van der Waals surface area (Å²) >= 11 is 0. The van der Waals surface area contributed by atoms with E-state index in [2.05, 4.69) is 4.74 Å². The van der Waals surface area contributed by atoms with Gasteiger partial charge in [0.25, 0.3) is 0 Å². The molecule has 0 radical (unpaired) electrons. The maximum Gasteiger partial charge on any atom is 0.322 e.